The van der Waals surface area contributed by atoms with Crippen molar-refractivity contribution in [1.82, 2.24) is 0 Å². The Labute approximate surface area is 121 Å². The Morgan fingerprint density at radius 2 is 2.15 bits per heavy atom. The Kier molecular flexibility index (Phi) is 4.53. The first-order valence-corrected chi connectivity index (χ1v) is 6.27. The number of hydrogen-bond acceptors (Lipinski definition) is 4. The molecule has 5 nitrogen and oxygen atoms in total. The van der Waals surface area contributed by atoms with Crippen LogP contribution in [0.1, 0.15) is 12.5 Å². The Bertz CT molecular complexity index is 577. The molecule has 1 N–H and O–H groups in total. The number of carbonyl (C=O) groups is 1. The Hall–Kier alpha value is -2.14. The van der Waals surface area contributed by atoms with Gasteiger partial charge in [-0.3, -0.25) is 0 Å². The van der Waals surface area contributed by atoms with Gasteiger partial charge in [0.05, 0.1) is 0 Å². The van der Waals surface area contributed by atoms with E-state index in [0.29, 0.717) is 29.4 Å². The van der Waals surface area contributed by atoms with E-state index >= 15 is 0 Å². The second kappa shape index (κ2) is 6.34. The number of hydrogen-bond donors (Lipinski definition) is 1. The van der Waals surface area contributed by atoms with E-state index in [1.165, 1.54) is 11.6 Å². The molecule has 0 aromatic heterocycles. The van der Waals surface area contributed by atoms with Crippen LogP contribution in [0.4, 0.5) is 0 Å². The maximum Gasteiger partial charge on any atom is 0.328 e. The van der Waals surface area contributed by atoms with Crippen LogP contribution in [0, 0.1) is 0 Å². The van der Waals surface area contributed by atoms with E-state index in [-0.39, 0.29) is 6.79 Å². The summed E-state index contributed by atoms with van der Waals surface area (Å²) in [5.41, 5.74) is 2.87. The molecule has 0 unspecified atom stereocenters. The van der Waals surface area contributed by atoms with Gasteiger partial charge in [-0.25, -0.2) is 4.79 Å². The van der Waals surface area contributed by atoms with E-state index in [9.17, 15) is 4.79 Å². The molecule has 1 aliphatic rings. The third-order valence-electron chi connectivity index (χ3n) is 2.55. The molecule has 0 aliphatic carbocycles. The van der Waals surface area contributed by atoms with Crippen LogP contribution in [0.15, 0.2) is 29.3 Å². The van der Waals surface area contributed by atoms with E-state index in [2.05, 4.69) is 0 Å². The zero-order valence-electron chi connectivity index (χ0n) is 10.8. The van der Waals surface area contributed by atoms with Gasteiger partial charge in [0, 0.05) is 23.2 Å². The number of aliphatic carboxylic acids is 1. The first kappa shape index (κ1) is 14.3. The largest absolute Gasteiger partial charge is 0.488 e. The minimum Gasteiger partial charge on any atom is -0.488 e. The lowest BCUT2D eigenvalue weighted by molar-refractivity contribution is -0.131. The van der Waals surface area contributed by atoms with Gasteiger partial charge in [0.1, 0.15) is 12.4 Å². The van der Waals surface area contributed by atoms with Crippen molar-refractivity contribution in [2.24, 2.45) is 0 Å². The summed E-state index contributed by atoms with van der Waals surface area (Å²) in [4.78, 5) is 10.6. The van der Waals surface area contributed by atoms with Gasteiger partial charge >= 0.3 is 5.97 Å². The molecule has 1 aliphatic heterocycles. The highest BCUT2D eigenvalue weighted by atomic mass is 35.5. The van der Waals surface area contributed by atoms with E-state index in [4.69, 9.17) is 30.9 Å². The van der Waals surface area contributed by atoms with E-state index in [0.717, 1.165) is 11.6 Å². The van der Waals surface area contributed by atoms with Crippen LogP contribution >= 0.6 is 11.6 Å². The summed E-state index contributed by atoms with van der Waals surface area (Å²) >= 11 is 5.58. The van der Waals surface area contributed by atoms with Crippen LogP contribution in [-0.4, -0.2) is 24.5 Å². The molecular formula is C14H13ClO5. The topological polar surface area (TPSA) is 65.0 Å². The molecule has 0 radical (unpaired) electrons. The van der Waals surface area contributed by atoms with Gasteiger partial charge in [-0.05, 0) is 24.6 Å². The third-order valence-corrected chi connectivity index (χ3v) is 2.92. The number of benzene rings is 1. The van der Waals surface area contributed by atoms with Crippen molar-refractivity contribution in [2.75, 3.05) is 13.4 Å². The van der Waals surface area contributed by atoms with Crippen molar-refractivity contribution in [3.05, 3.63) is 34.9 Å². The fraction of sp³-hybridized carbons (Fsp3) is 0.214. The van der Waals surface area contributed by atoms with E-state index < -0.39 is 5.97 Å². The SMILES string of the molecule is C/C(=C/Cl)COc1cc2c(cc1/C=C/C(=O)O)OCO2. The van der Waals surface area contributed by atoms with Crippen molar-refractivity contribution in [3.8, 4) is 17.2 Å². The fourth-order valence-corrected chi connectivity index (χ4v) is 1.64. The van der Waals surface area contributed by atoms with Gasteiger partial charge < -0.3 is 19.3 Å². The van der Waals surface area contributed by atoms with Crippen LogP contribution in [0.2, 0.25) is 0 Å². The van der Waals surface area contributed by atoms with Crippen LogP contribution < -0.4 is 14.2 Å². The second-order valence-electron chi connectivity index (χ2n) is 4.16. The highest BCUT2D eigenvalue weighted by Gasteiger charge is 2.17. The summed E-state index contributed by atoms with van der Waals surface area (Å²) in [6.45, 7) is 2.27. The van der Waals surface area contributed by atoms with Gasteiger partial charge in [-0.15, -0.1) is 0 Å². The van der Waals surface area contributed by atoms with Crippen molar-refractivity contribution in [2.45, 2.75) is 6.92 Å². The average molecular weight is 297 g/mol. The van der Waals surface area contributed by atoms with Crippen molar-refractivity contribution >= 4 is 23.6 Å². The standard InChI is InChI=1S/C14H13ClO5/c1-9(6-15)7-18-11-5-13-12(19-8-20-13)4-10(11)2-3-14(16)17/h2-6H,7-8H2,1H3,(H,16,17)/b3-2+,9-6-. The molecule has 0 amide bonds. The smallest absolute Gasteiger partial charge is 0.328 e. The lowest BCUT2D eigenvalue weighted by Crippen LogP contribution is -2.00. The summed E-state index contributed by atoms with van der Waals surface area (Å²) in [5.74, 6) is 0.599. The van der Waals surface area contributed by atoms with Gasteiger partial charge in [0.15, 0.2) is 11.5 Å². The first-order chi connectivity index (χ1) is 9.60. The number of carboxylic acids is 1. The lowest BCUT2D eigenvalue weighted by Gasteiger charge is -2.10. The lowest BCUT2D eigenvalue weighted by atomic mass is 10.1. The van der Waals surface area contributed by atoms with Crippen molar-refractivity contribution in [3.63, 3.8) is 0 Å². The second-order valence-corrected chi connectivity index (χ2v) is 4.38. The summed E-state index contributed by atoms with van der Waals surface area (Å²) in [7, 11) is 0. The Morgan fingerprint density at radius 3 is 2.80 bits per heavy atom. The summed E-state index contributed by atoms with van der Waals surface area (Å²) in [6.07, 6.45) is 2.48. The number of halogens is 1. The monoisotopic (exact) mass is 296 g/mol. The molecular weight excluding hydrogens is 284 g/mol. The Morgan fingerprint density at radius 1 is 1.45 bits per heavy atom. The van der Waals surface area contributed by atoms with Crippen LogP contribution in [0.25, 0.3) is 6.08 Å². The van der Waals surface area contributed by atoms with Crippen molar-refractivity contribution < 1.29 is 24.1 Å². The molecule has 1 aromatic rings. The average Bonchev–Trinajstić information content (AvgIpc) is 2.88. The molecule has 0 saturated carbocycles. The molecule has 0 saturated heterocycles. The van der Waals surface area contributed by atoms with Crippen LogP contribution in [0.5, 0.6) is 17.2 Å². The molecule has 6 heteroatoms. The predicted molar refractivity (Wildman–Crippen MR) is 74.3 cm³/mol. The Balaban J connectivity index is 2.29. The molecule has 1 heterocycles. The summed E-state index contributed by atoms with van der Waals surface area (Å²) in [5, 5.41) is 8.71. The third kappa shape index (κ3) is 3.45. The molecule has 106 valence electrons. The quantitative estimate of drug-likeness (QED) is 0.846. The predicted octanol–water partition coefficient (Wildman–Crippen LogP) is 3.03. The molecule has 1 aromatic carbocycles. The fourth-order valence-electron chi connectivity index (χ4n) is 1.58. The van der Waals surface area contributed by atoms with Crippen LogP contribution in [0.3, 0.4) is 0 Å². The molecule has 0 fully saturated rings. The number of ether oxygens (including phenoxy) is 3. The highest BCUT2D eigenvalue weighted by molar-refractivity contribution is 6.25. The summed E-state index contributed by atoms with van der Waals surface area (Å²) in [6, 6.07) is 3.35. The number of rotatable bonds is 5. The molecule has 0 spiro atoms. The zero-order chi connectivity index (χ0) is 14.5. The van der Waals surface area contributed by atoms with Gasteiger partial charge in [0.2, 0.25) is 6.79 Å². The molecule has 20 heavy (non-hydrogen) atoms. The van der Waals surface area contributed by atoms with Crippen molar-refractivity contribution in [1.29, 1.82) is 0 Å². The normalized spacial score (nSPS) is 13.8. The van der Waals surface area contributed by atoms with Gasteiger partial charge in [-0.1, -0.05) is 11.6 Å². The zero-order valence-corrected chi connectivity index (χ0v) is 11.5. The number of carboxylic acid groups (broad SMARTS) is 1. The molecule has 2 rings (SSSR count). The number of fused-ring (bicyclic) bond motifs is 1. The van der Waals surface area contributed by atoms with E-state index in [1.807, 2.05) is 6.92 Å². The maximum absolute atomic E-state index is 10.6. The highest BCUT2D eigenvalue weighted by Crippen LogP contribution is 2.38. The van der Waals surface area contributed by atoms with Gasteiger partial charge in [-0.2, -0.15) is 0 Å². The maximum atomic E-state index is 10.6. The summed E-state index contributed by atoms with van der Waals surface area (Å²) < 4.78 is 16.1. The minimum absolute atomic E-state index is 0.140. The molecule has 0 atom stereocenters. The van der Waals surface area contributed by atoms with Gasteiger partial charge in [0.25, 0.3) is 0 Å². The van der Waals surface area contributed by atoms with Crippen LogP contribution in [-0.2, 0) is 4.79 Å². The molecule has 0 bridgehead atoms. The first-order valence-electron chi connectivity index (χ1n) is 5.83. The minimum atomic E-state index is -1.04. The van der Waals surface area contributed by atoms with E-state index in [1.54, 1.807) is 12.1 Å².